The number of nitrogens with zero attached hydrogens (tertiary/aromatic N) is 1. The summed E-state index contributed by atoms with van der Waals surface area (Å²) in [4.78, 5) is 0. The van der Waals surface area contributed by atoms with Crippen LogP contribution in [0.1, 0.15) is 0 Å². The van der Waals surface area contributed by atoms with Crippen molar-refractivity contribution in [3.05, 3.63) is 0 Å². The first-order chi connectivity index (χ1) is 3.00. The summed E-state index contributed by atoms with van der Waals surface area (Å²) in [6, 6.07) is 0. The normalized spacial score (nSPS) is 8.57. The first-order valence-corrected chi connectivity index (χ1v) is 5.98. The van der Waals surface area contributed by atoms with Gasteiger partial charge in [-0.05, 0) is 0 Å². The molecule has 0 aliphatic heterocycles. The van der Waals surface area contributed by atoms with E-state index in [9.17, 15) is 0 Å². The van der Waals surface area contributed by atoms with Crippen LogP contribution in [0.25, 0.3) is 0 Å². The van der Waals surface area contributed by atoms with Crippen LogP contribution >= 0.6 is 0 Å². The van der Waals surface area contributed by atoms with Gasteiger partial charge in [0.2, 0.25) is 0 Å². The van der Waals surface area contributed by atoms with Crippen molar-refractivity contribution in [3.63, 3.8) is 0 Å². The quantitative estimate of drug-likeness (QED) is 0.578. The summed E-state index contributed by atoms with van der Waals surface area (Å²) in [6.45, 7) is 3.50. The van der Waals surface area contributed by atoms with Crippen LogP contribution in [0, 0.1) is 11.8 Å². The molecule has 0 rings (SSSR count). The summed E-state index contributed by atoms with van der Waals surface area (Å²) in [6.07, 6.45) is 0. The summed E-state index contributed by atoms with van der Waals surface area (Å²) in [5.74, 6) is 0. The minimum absolute atomic E-state index is 3.50. The molecule has 5 nitrogen and oxygen atoms in total. The molecule has 0 amide bonds. The van der Waals surface area contributed by atoms with Crippen molar-refractivity contribution in [2.24, 2.45) is 0 Å². The summed E-state index contributed by atoms with van der Waals surface area (Å²) in [7, 11) is 0. The average Bonchev–Trinajstić information content (AvgIpc) is 1.36. The second kappa shape index (κ2) is 3.87. The molecule has 42 valence electrons. The van der Waals surface area contributed by atoms with Crippen molar-refractivity contribution in [1.82, 2.24) is 0 Å². The molecule has 0 aromatic carbocycles. The van der Waals surface area contributed by atoms with Gasteiger partial charge in [-0.3, -0.25) is 0 Å². The molecule has 0 aromatic rings. The van der Waals surface area contributed by atoms with E-state index in [1.54, 1.807) is 0 Å². The van der Waals surface area contributed by atoms with Gasteiger partial charge >= 0.3 is 31.1 Å². The number of hydrogen-bond donors (Lipinski definition) is 2. The minimum atomic E-state index is -5.67. The van der Waals surface area contributed by atoms with E-state index in [1.165, 1.54) is 0 Å². The first-order valence-electron chi connectivity index (χ1n) is 0.957. The number of nitriles is 1. The molecular weight excluding hydrogens is 274 g/mol. The second-order valence-electron chi connectivity index (χ2n) is 0.448. The third-order valence-corrected chi connectivity index (χ3v) is 0. The molecule has 0 aromatic heterocycles. The van der Waals surface area contributed by atoms with Crippen molar-refractivity contribution in [1.29, 1.82) is 5.26 Å². The molecular formula is CH3NO4W. The summed E-state index contributed by atoms with van der Waals surface area (Å²) < 4.78 is 32.1. The Morgan fingerprint density at radius 1 is 1.29 bits per heavy atom. The standard InChI is InChI=1S/CHN.2H2O.2O.W/c1-2;;;;;/h1H;2*1H2;;;/q;;;;;+2/p-2. The molecule has 0 saturated carbocycles. The van der Waals surface area contributed by atoms with Gasteiger partial charge in [-0.1, -0.05) is 0 Å². The van der Waals surface area contributed by atoms with Gasteiger partial charge in [0.05, 0.1) is 0 Å². The average molecular weight is 277 g/mol. The van der Waals surface area contributed by atoms with E-state index in [-0.39, 0.29) is 0 Å². The molecule has 0 heterocycles. The Morgan fingerprint density at radius 2 is 1.29 bits per heavy atom. The van der Waals surface area contributed by atoms with Crippen LogP contribution in [0.15, 0.2) is 0 Å². The van der Waals surface area contributed by atoms with Gasteiger partial charge < -0.3 is 0 Å². The molecule has 0 spiro atoms. The van der Waals surface area contributed by atoms with Crippen LogP contribution in [0.4, 0.5) is 0 Å². The molecule has 0 atom stereocenters. The Balaban J connectivity index is 0. The van der Waals surface area contributed by atoms with E-state index in [0.717, 1.165) is 0 Å². The zero-order valence-electron chi connectivity index (χ0n) is 3.14. The van der Waals surface area contributed by atoms with E-state index < -0.39 is 16.7 Å². The van der Waals surface area contributed by atoms with Crippen LogP contribution in [0.3, 0.4) is 0 Å². The summed E-state index contributed by atoms with van der Waals surface area (Å²) in [5, 5.41) is 6.50. The fourth-order valence-electron chi connectivity index (χ4n) is 0. The molecule has 0 fully saturated rings. The maximum atomic E-state index is 8.87. The van der Waals surface area contributed by atoms with Gasteiger partial charge in [-0.25, -0.2) is 5.26 Å². The van der Waals surface area contributed by atoms with Gasteiger partial charge in [0.15, 0.2) is 0 Å². The van der Waals surface area contributed by atoms with E-state index in [1.807, 2.05) is 0 Å². The van der Waals surface area contributed by atoms with Crippen molar-refractivity contribution >= 4 is 0 Å². The Kier molecular flexibility index (Phi) is 5.45. The zero-order chi connectivity index (χ0) is 6.50. The zero-order valence-corrected chi connectivity index (χ0v) is 6.08. The van der Waals surface area contributed by atoms with Crippen molar-refractivity contribution in [2.75, 3.05) is 0 Å². The Labute approximate surface area is 43.5 Å². The fourth-order valence-corrected chi connectivity index (χ4v) is 0. The molecule has 0 aliphatic rings. The molecule has 2 N–H and O–H groups in total. The Morgan fingerprint density at radius 3 is 1.29 bits per heavy atom. The fraction of sp³-hybridized carbons (Fsp3) is 0. The van der Waals surface area contributed by atoms with Gasteiger partial charge in [-0.2, -0.15) is 0 Å². The topological polar surface area (TPSA) is 98.4 Å². The van der Waals surface area contributed by atoms with Crippen LogP contribution < -0.4 is 0 Å². The Hall–Kier alpha value is -0.302. The SMILES string of the molecule is C#N.[O]=[W](=[O])([OH])[OH]. The second-order valence-corrected chi connectivity index (χ2v) is 3.67. The van der Waals surface area contributed by atoms with Crippen molar-refractivity contribution < 1.29 is 31.1 Å². The Bertz CT molecular complexity index is 123. The molecule has 0 unspecified atom stereocenters. The summed E-state index contributed by atoms with van der Waals surface area (Å²) >= 11 is -5.67. The van der Waals surface area contributed by atoms with Gasteiger partial charge in [0.25, 0.3) is 0 Å². The third kappa shape index (κ3) is 856. The van der Waals surface area contributed by atoms with E-state index >= 15 is 0 Å². The van der Waals surface area contributed by atoms with E-state index in [2.05, 4.69) is 6.57 Å². The van der Waals surface area contributed by atoms with Crippen molar-refractivity contribution in [2.45, 2.75) is 0 Å². The molecule has 7 heavy (non-hydrogen) atoms. The van der Waals surface area contributed by atoms with Crippen molar-refractivity contribution in [3.8, 4) is 6.57 Å². The van der Waals surface area contributed by atoms with Gasteiger partial charge in [0, 0.05) is 6.57 Å². The van der Waals surface area contributed by atoms with Crippen LogP contribution in [-0.2, 0) is 23.5 Å². The third-order valence-electron chi connectivity index (χ3n) is 0. The first kappa shape index (κ1) is 9.85. The predicted molar refractivity (Wildman–Crippen MR) is 12.5 cm³/mol. The van der Waals surface area contributed by atoms with Gasteiger partial charge in [-0.15, -0.1) is 0 Å². The van der Waals surface area contributed by atoms with E-state index in [4.69, 9.17) is 19.6 Å². The molecule has 0 radical (unpaired) electrons. The monoisotopic (exact) mass is 277 g/mol. The van der Waals surface area contributed by atoms with Crippen LogP contribution in [-0.4, -0.2) is 7.52 Å². The number of hydrogen-bond acceptors (Lipinski definition) is 3. The maximum absolute atomic E-state index is 8.87. The summed E-state index contributed by atoms with van der Waals surface area (Å²) in [5.41, 5.74) is 0. The van der Waals surface area contributed by atoms with E-state index in [0.29, 0.717) is 0 Å². The van der Waals surface area contributed by atoms with Crippen LogP contribution in [0.5, 0.6) is 0 Å². The van der Waals surface area contributed by atoms with Gasteiger partial charge in [0.1, 0.15) is 0 Å². The molecule has 0 saturated heterocycles. The molecule has 0 aliphatic carbocycles. The molecule has 0 bridgehead atoms. The number of rotatable bonds is 0. The van der Waals surface area contributed by atoms with Crippen LogP contribution in [0.2, 0.25) is 0 Å². The molecule has 6 heteroatoms. The predicted octanol–water partition coefficient (Wildman–Crippen LogP) is -1.21.